The van der Waals surface area contributed by atoms with Gasteiger partial charge < -0.3 is 10.4 Å². The number of fused-ring (bicyclic) bond motifs is 3. The molecule has 3 aliphatic rings. The van der Waals surface area contributed by atoms with Crippen molar-refractivity contribution in [2.75, 3.05) is 5.32 Å². The predicted octanol–water partition coefficient (Wildman–Crippen LogP) is 5.50. The molecule has 2 spiro atoms. The third-order valence-corrected chi connectivity index (χ3v) is 8.57. The Morgan fingerprint density at radius 3 is 2.48 bits per heavy atom. The minimum Gasteiger partial charge on any atom is -0.480 e. The van der Waals surface area contributed by atoms with Crippen molar-refractivity contribution in [2.24, 2.45) is 5.41 Å². The Kier molecular flexibility index (Phi) is 5.09. The molecule has 1 saturated carbocycles. The molecule has 2 heterocycles. The average Bonchev–Trinajstić information content (AvgIpc) is 3.20. The first-order chi connectivity index (χ1) is 15.5. The molecule has 1 saturated heterocycles. The first-order valence-electron chi connectivity index (χ1n) is 11.1. The van der Waals surface area contributed by atoms with E-state index in [2.05, 4.69) is 24.5 Å². The van der Waals surface area contributed by atoms with Crippen LogP contribution in [-0.2, 0) is 15.0 Å². The SMILES string of the molecule is CC1(C)CCC2(CC1)N[C@@H](C(=O)O)[C@H](c1cccc(Cl)c1F)[C@]21C(=O)Nc2cc(Cl)ccc21. The molecule has 3 atom stereocenters. The number of hydrogen-bond acceptors (Lipinski definition) is 3. The highest BCUT2D eigenvalue weighted by Gasteiger charge is 2.73. The van der Waals surface area contributed by atoms with Gasteiger partial charge in [-0.15, -0.1) is 0 Å². The van der Waals surface area contributed by atoms with E-state index in [4.69, 9.17) is 23.2 Å². The van der Waals surface area contributed by atoms with Crippen molar-refractivity contribution < 1.29 is 19.1 Å². The number of amides is 1. The minimum absolute atomic E-state index is 0.0597. The summed E-state index contributed by atoms with van der Waals surface area (Å²) in [6.07, 6.45) is 2.76. The van der Waals surface area contributed by atoms with Crippen molar-refractivity contribution >= 4 is 40.8 Å². The van der Waals surface area contributed by atoms with Gasteiger partial charge in [0, 0.05) is 22.2 Å². The van der Waals surface area contributed by atoms with Crippen molar-refractivity contribution in [3.8, 4) is 0 Å². The zero-order chi connectivity index (χ0) is 23.8. The van der Waals surface area contributed by atoms with Gasteiger partial charge in [0.05, 0.1) is 5.02 Å². The topological polar surface area (TPSA) is 78.4 Å². The lowest BCUT2D eigenvalue weighted by molar-refractivity contribution is -0.139. The van der Waals surface area contributed by atoms with E-state index in [0.717, 1.165) is 12.8 Å². The molecule has 0 aromatic heterocycles. The third-order valence-electron chi connectivity index (χ3n) is 8.04. The quantitative estimate of drug-likeness (QED) is 0.519. The van der Waals surface area contributed by atoms with Gasteiger partial charge in [0.2, 0.25) is 5.91 Å². The standard InChI is InChI=1S/C25H25Cl2FN2O3/c1-23(2)8-10-24(11-9-23)25(15-7-6-13(26)12-17(15)29-22(25)33)18(20(30-24)21(31)32)14-4-3-5-16(27)19(14)28/h3-7,12,18,20,30H,8-11H2,1-2H3,(H,29,33)(H,31,32)/t18-,20+,25+/m0/s1. The lowest BCUT2D eigenvalue weighted by atomic mass is 9.53. The summed E-state index contributed by atoms with van der Waals surface area (Å²) in [4.78, 5) is 26.6. The number of halogens is 3. The van der Waals surface area contributed by atoms with Crippen LogP contribution < -0.4 is 10.6 Å². The van der Waals surface area contributed by atoms with Gasteiger partial charge in [-0.25, -0.2) is 4.39 Å². The summed E-state index contributed by atoms with van der Waals surface area (Å²) in [5.41, 5.74) is -0.827. The predicted molar refractivity (Wildman–Crippen MR) is 125 cm³/mol. The highest BCUT2D eigenvalue weighted by molar-refractivity contribution is 6.31. The molecule has 0 radical (unpaired) electrons. The van der Waals surface area contributed by atoms with Crippen LogP contribution >= 0.6 is 23.2 Å². The van der Waals surface area contributed by atoms with Crippen LogP contribution in [0.5, 0.6) is 0 Å². The van der Waals surface area contributed by atoms with E-state index >= 15 is 4.39 Å². The summed E-state index contributed by atoms with van der Waals surface area (Å²) in [6.45, 7) is 4.35. The zero-order valence-corrected chi connectivity index (χ0v) is 19.9. The molecule has 1 aliphatic carbocycles. The summed E-state index contributed by atoms with van der Waals surface area (Å²) in [7, 11) is 0. The van der Waals surface area contributed by atoms with Gasteiger partial charge >= 0.3 is 5.97 Å². The molecule has 33 heavy (non-hydrogen) atoms. The fourth-order valence-corrected chi connectivity index (χ4v) is 6.76. The summed E-state index contributed by atoms with van der Waals surface area (Å²) in [6, 6.07) is 8.53. The number of carbonyl (C=O) groups excluding carboxylic acids is 1. The molecule has 5 nitrogen and oxygen atoms in total. The summed E-state index contributed by atoms with van der Waals surface area (Å²) in [5.74, 6) is -3.16. The summed E-state index contributed by atoms with van der Waals surface area (Å²) >= 11 is 12.3. The minimum atomic E-state index is -1.34. The Morgan fingerprint density at radius 1 is 1.12 bits per heavy atom. The van der Waals surface area contributed by atoms with E-state index in [1.54, 1.807) is 24.3 Å². The number of nitrogens with one attached hydrogen (secondary N) is 2. The molecule has 0 bridgehead atoms. The first-order valence-corrected chi connectivity index (χ1v) is 11.8. The van der Waals surface area contributed by atoms with Gasteiger partial charge in [0.25, 0.3) is 0 Å². The van der Waals surface area contributed by atoms with E-state index in [9.17, 15) is 14.7 Å². The van der Waals surface area contributed by atoms with Gasteiger partial charge in [-0.05, 0) is 60.4 Å². The van der Waals surface area contributed by atoms with Gasteiger partial charge in [-0.3, -0.25) is 14.9 Å². The number of anilines is 1. The Hall–Kier alpha value is -2.15. The number of rotatable bonds is 2. The van der Waals surface area contributed by atoms with E-state index in [-0.39, 0.29) is 21.9 Å². The monoisotopic (exact) mass is 490 g/mol. The molecule has 1 amide bonds. The fourth-order valence-electron chi connectivity index (χ4n) is 6.40. The summed E-state index contributed by atoms with van der Waals surface area (Å²) < 4.78 is 15.5. The second-order valence-corrected chi connectivity index (χ2v) is 11.1. The molecule has 3 N–H and O–H groups in total. The summed E-state index contributed by atoms with van der Waals surface area (Å²) in [5, 5.41) is 16.9. The zero-order valence-electron chi connectivity index (χ0n) is 18.3. The maximum Gasteiger partial charge on any atom is 0.321 e. The number of carbonyl (C=O) groups is 2. The Bertz CT molecular complexity index is 1170. The van der Waals surface area contributed by atoms with Gasteiger partial charge in [-0.1, -0.05) is 55.2 Å². The van der Waals surface area contributed by atoms with Crippen molar-refractivity contribution in [3.05, 3.63) is 63.4 Å². The highest BCUT2D eigenvalue weighted by Crippen LogP contribution is 2.64. The molecule has 174 valence electrons. The smallest absolute Gasteiger partial charge is 0.321 e. The van der Waals surface area contributed by atoms with Crippen molar-refractivity contribution in [1.82, 2.24) is 5.32 Å². The number of carboxylic acids is 1. The van der Waals surface area contributed by atoms with E-state index < -0.39 is 34.7 Å². The molecule has 2 fully saturated rings. The van der Waals surface area contributed by atoms with Crippen LogP contribution in [0.2, 0.25) is 10.0 Å². The molecule has 5 rings (SSSR count). The third kappa shape index (κ3) is 3.07. The first kappa shape index (κ1) is 22.6. The molecule has 8 heteroatoms. The molecular formula is C25H25Cl2FN2O3. The second kappa shape index (κ2) is 7.42. The van der Waals surface area contributed by atoms with E-state index in [0.29, 0.717) is 29.1 Å². The maximum absolute atomic E-state index is 15.5. The number of aliphatic carboxylic acids is 1. The molecular weight excluding hydrogens is 466 g/mol. The Labute approximate surface area is 201 Å². The molecule has 0 unspecified atom stereocenters. The molecule has 2 aromatic carbocycles. The maximum atomic E-state index is 15.5. The van der Waals surface area contributed by atoms with Crippen LogP contribution in [0.1, 0.15) is 56.6 Å². The number of carboxylic acid groups (broad SMARTS) is 1. The normalized spacial score (nSPS) is 29.3. The fraction of sp³-hybridized carbons (Fsp3) is 0.440. The van der Waals surface area contributed by atoms with Gasteiger partial charge in [-0.2, -0.15) is 0 Å². The lowest BCUT2D eigenvalue weighted by Crippen LogP contribution is -2.61. The van der Waals surface area contributed by atoms with E-state index in [1.165, 1.54) is 12.1 Å². The van der Waals surface area contributed by atoms with Crippen molar-refractivity contribution in [1.29, 1.82) is 0 Å². The van der Waals surface area contributed by atoms with Crippen LogP contribution in [0.25, 0.3) is 0 Å². The van der Waals surface area contributed by atoms with Crippen LogP contribution in [0.4, 0.5) is 10.1 Å². The second-order valence-electron chi connectivity index (χ2n) is 10.3. The van der Waals surface area contributed by atoms with Gasteiger partial charge in [0.15, 0.2) is 0 Å². The Morgan fingerprint density at radius 2 is 1.82 bits per heavy atom. The van der Waals surface area contributed by atoms with E-state index in [1.807, 2.05) is 0 Å². The van der Waals surface area contributed by atoms with Crippen LogP contribution in [0.3, 0.4) is 0 Å². The number of hydrogen-bond donors (Lipinski definition) is 3. The van der Waals surface area contributed by atoms with Crippen LogP contribution in [0, 0.1) is 11.2 Å². The largest absolute Gasteiger partial charge is 0.480 e. The van der Waals surface area contributed by atoms with Gasteiger partial charge in [0.1, 0.15) is 17.3 Å². The molecule has 2 aliphatic heterocycles. The van der Waals surface area contributed by atoms with Crippen molar-refractivity contribution in [2.45, 2.75) is 62.4 Å². The number of benzene rings is 2. The average molecular weight is 491 g/mol. The lowest BCUT2D eigenvalue weighted by Gasteiger charge is -2.50. The Balaban J connectivity index is 1.83. The highest BCUT2D eigenvalue weighted by atomic mass is 35.5. The van der Waals surface area contributed by atoms with Crippen LogP contribution in [0.15, 0.2) is 36.4 Å². The van der Waals surface area contributed by atoms with Crippen molar-refractivity contribution in [3.63, 3.8) is 0 Å². The van der Waals surface area contributed by atoms with Crippen LogP contribution in [-0.4, -0.2) is 28.6 Å². The molecule has 2 aromatic rings.